The van der Waals surface area contributed by atoms with Gasteiger partial charge in [0.25, 0.3) is 5.69 Å². The largest absolute Gasteiger partial charge is 0.478 e. The van der Waals surface area contributed by atoms with E-state index in [4.69, 9.17) is 5.73 Å². The molecule has 0 radical (unpaired) electrons. The number of carbonyl (C=O) groups is 1. The number of aryl methyl sites for hydroxylation is 2. The van der Waals surface area contributed by atoms with Crippen molar-refractivity contribution in [3.05, 3.63) is 80.5 Å². The van der Waals surface area contributed by atoms with Crippen molar-refractivity contribution in [1.29, 1.82) is 0 Å². The Balaban J connectivity index is 2.20. The van der Waals surface area contributed by atoms with Crippen molar-refractivity contribution in [3.63, 3.8) is 0 Å². The van der Waals surface area contributed by atoms with E-state index in [-0.39, 0.29) is 22.9 Å². The molecule has 3 rings (SSSR count). The smallest absolute Gasteiger partial charge is 0.335 e. The van der Waals surface area contributed by atoms with E-state index in [1.165, 1.54) is 24.4 Å². The molecule has 0 aliphatic heterocycles. The van der Waals surface area contributed by atoms with Crippen molar-refractivity contribution in [1.82, 2.24) is 9.97 Å². The van der Waals surface area contributed by atoms with E-state index in [9.17, 15) is 20.0 Å². The van der Waals surface area contributed by atoms with Crippen molar-refractivity contribution in [2.75, 3.05) is 5.73 Å². The molecule has 0 atom stereocenters. The lowest BCUT2D eigenvalue weighted by Gasteiger charge is -2.08. The first kappa shape index (κ1) is 19.5. The van der Waals surface area contributed by atoms with E-state index >= 15 is 0 Å². The van der Waals surface area contributed by atoms with Crippen molar-refractivity contribution in [2.24, 2.45) is 0 Å². The molecule has 3 aromatic rings. The average molecular weight is 388 g/mol. The molecule has 0 bridgehead atoms. The number of nitrogens with zero attached hydrogens (tertiary/aromatic N) is 3. The maximum absolute atomic E-state index is 11.5. The summed E-state index contributed by atoms with van der Waals surface area (Å²) in [6.07, 6.45) is 1.40. The molecule has 2 aromatic carbocycles. The molecule has 0 saturated heterocycles. The second-order valence-electron chi connectivity index (χ2n) is 6.30. The van der Waals surface area contributed by atoms with Gasteiger partial charge in [-0.1, -0.05) is 30.0 Å². The van der Waals surface area contributed by atoms with Crippen LogP contribution in [0.3, 0.4) is 0 Å². The highest BCUT2D eigenvalue weighted by Gasteiger charge is 2.21. The minimum Gasteiger partial charge on any atom is -0.478 e. The first-order valence-electron chi connectivity index (χ1n) is 8.50. The number of hydrogen-bond donors (Lipinski definition) is 2. The average Bonchev–Trinajstić information content (AvgIpc) is 2.67. The van der Waals surface area contributed by atoms with Crippen LogP contribution in [0.15, 0.2) is 42.6 Å². The Kier molecular flexibility index (Phi) is 5.23. The summed E-state index contributed by atoms with van der Waals surface area (Å²) in [4.78, 5) is 30.4. The molecule has 0 amide bonds. The molecule has 0 unspecified atom stereocenters. The van der Waals surface area contributed by atoms with Gasteiger partial charge in [-0.2, -0.15) is 0 Å². The lowest BCUT2D eigenvalue weighted by atomic mass is 9.99. The number of benzene rings is 2. The van der Waals surface area contributed by atoms with Gasteiger partial charge in [-0.25, -0.2) is 14.8 Å². The van der Waals surface area contributed by atoms with E-state index in [2.05, 4.69) is 21.8 Å². The minimum atomic E-state index is -1.06. The van der Waals surface area contributed by atoms with Gasteiger partial charge < -0.3 is 10.8 Å². The number of nitro benzene ring substituents is 1. The highest BCUT2D eigenvalue weighted by Crippen LogP contribution is 2.33. The van der Waals surface area contributed by atoms with Gasteiger partial charge >= 0.3 is 5.97 Å². The SMILES string of the molecule is Cc1ccc(C(=O)O)cc1C#Cc1cnc(N)nc1-c1c(C)cccc1[N+](=O)[O-]. The van der Waals surface area contributed by atoms with Crippen LogP contribution in [0.4, 0.5) is 11.6 Å². The van der Waals surface area contributed by atoms with E-state index < -0.39 is 10.9 Å². The molecule has 0 saturated carbocycles. The predicted molar refractivity (Wildman–Crippen MR) is 107 cm³/mol. The number of aromatic carboxylic acids is 1. The summed E-state index contributed by atoms with van der Waals surface area (Å²) in [7, 11) is 0. The van der Waals surface area contributed by atoms with Crippen LogP contribution >= 0.6 is 0 Å². The molecule has 3 N–H and O–H groups in total. The van der Waals surface area contributed by atoms with Gasteiger partial charge in [-0.3, -0.25) is 10.1 Å². The monoisotopic (exact) mass is 388 g/mol. The van der Waals surface area contributed by atoms with E-state index in [0.29, 0.717) is 22.3 Å². The second kappa shape index (κ2) is 7.78. The Hall–Kier alpha value is -4.25. The third kappa shape index (κ3) is 4.04. The maximum Gasteiger partial charge on any atom is 0.335 e. The summed E-state index contributed by atoms with van der Waals surface area (Å²) in [5.41, 5.74) is 8.58. The number of rotatable bonds is 3. The van der Waals surface area contributed by atoms with Crippen LogP contribution in [0.2, 0.25) is 0 Å². The fourth-order valence-corrected chi connectivity index (χ4v) is 2.81. The first-order valence-corrected chi connectivity index (χ1v) is 8.50. The Morgan fingerprint density at radius 3 is 2.55 bits per heavy atom. The molecular formula is C21H16N4O4. The zero-order chi connectivity index (χ0) is 21.1. The summed E-state index contributed by atoms with van der Waals surface area (Å²) >= 11 is 0. The Morgan fingerprint density at radius 1 is 1.14 bits per heavy atom. The fraction of sp³-hybridized carbons (Fsp3) is 0.0952. The topological polar surface area (TPSA) is 132 Å². The number of carboxylic acids is 1. The zero-order valence-electron chi connectivity index (χ0n) is 15.6. The molecular weight excluding hydrogens is 372 g/mol. The molecule has 0 aliphatic rings. The van der Waals surface area contributed by atoms with Crippen molar-refractivity contribution >= 4 is 17.6 Å². The predicted octanol–water partition coefficient (Wildman–Crippen LogP) is 3.35. The summed E-state index contributed by atoms with van der Waals surface area (Å²) in [5, 5.41) is 20.7. The summed E-state index contributed by atoms with van der Waals surface area (Å²) in [5.74, 6) is 4.74. The molecule has 8 nitrogen and oxygen atoms in total. The Morgan fingerprint density at radius 2 is 1.86 bits per heavy atom. The number of nitrogen functional groups attached to an aromatic ring is 1. The lowest BCUT2D eigenvalue weighted by molar-refractivity contribution is -0.384. The minimum absolute atomic E-state index is 0.0350. The molecule has 144 valence electrons. The van der Waals surface area contributed by atoms with Crippen LogP contribution in [0.1, 0.15) is 32.6 Å². The Labute approximate surface area is 166 Å². The molecule has 0 fully saturated rings. The Bertz CT molecular complexity index is 1210. The number of nitrogens with two attached hydrogens (primary N) is 1. The molecule has 0 spiro atoms. The van der Waals surface area contributed by atoms with Crippen molar-refractivity contribution in [2.45, 2.75) is 13.8 Å². The van der Waals surface area contributed by atoms with Crippen LogP contribution in [0, 0.1) is 35.8 Å². The van der Waals surface area contributed by atoms with Gasteiger partial charge in [0.15, 0.2) is 0 Å². The van der Waals surface area contributed by atoms with Crippen LogP contribution < -0.4 is 5.73 Å². The fourth-order valence-electron chi connectivity index (χ4n) is 2.81. The molecule has 8 heteroatoms. The van der Waals surface area contributed by atoms with Crippen molar-refractivity contribution < 1.29 is 14.8 Å². The number of aromatic nitrogens is 2. The zero-order valence-corrected chi connectivity index (χ0v) is 15.6. The van der Waals surface area contributed by atoms with Gasteiger partial charge in [0, 0.05) is 17.8 Å². The van der Waals surface area contributed by atoms with E-state index in [0.717, 1.165) is 5.56 Å². The quantitative estimate of drug-likeness (QED) is 0.399. The van der Waals surface area contributed by atoms with Crippen molar-refractivity contribution in [3.8, 4) is 23.1 Å². The van der Waals surface area contributed by atoms with Crippen LogP contribution in [0.25, 0.3) is 11.3 Å². The van der Waals surface area contributed by atoms with Gasteiger partial charge in [-0.05, 0) is 37.1 Å². The van der Waals surface area contributed by atoms with Gasteiger partial charge in [0.05, 0.1) is 27.3 Å². The molecule has 1 aromatic heterocycles. The van der Waals surface area contributed by atoms with Gasteiger partial charge in [0.2, 0.25) is 5.95 Å². The third-order valence-electron chi connectivity index (χ3n) is 4.31. The number of anilines is 1. The van der Waals surface area contributed by atoms with E-state index in [1.807, 2.05) is 6.92 Å². The highest BCUT2D eigenvalue weighted by molar-refractivity contribution is 5.88. The van der Waals surface area contributed by atoms with Crippen LogP contribution in [-0.4, -0.2) is 26.0 Å². The normalized spacial score (nSPS) is 10.1. The standard InChI is InChI=1S/C21H16N4O4/c1-12-6-7-15(20(26)27)10-14(12)8-9-16-11-23-21(22)24-19(16)18-13(2)4-3-5-17(18)25(28)29/h3-7,10-11H,1-2H3,(H,26,27)(H2,22,23,24). The van der Waals surface area contributed by atoms with Crippen LogP contribution in [0.5, 0.6) is 0 Å². The second-order valence-corrected chi connectivity index (χ2v) is 6.30. The highest BCUT2D eigenvalue weighted by atomic mass is 16.6. The van der Waals surface area contributed by atoms with Crippen LogP contribution in [-0.2, 0) is 0 Å². The number of nitro groups is 1. The summed E-state index contributed by atoms with van der Waals surface area (Å²) in [6, 6.07) is 9.35. The molecule has 29 heavy (non-hydrogen) atoms. The van der Waals surface area contributed by atoms with E-state index in [1.54, 1.807) is 25.1 Å². The lowest BCUT2D eigenvalue weighted by Crippen LogP contribution is -2.02. The summed E-state index contributed by atoms with van der Waals surface area (Å²) in [6.45, 7) is 3.54. The molecule has 0 aliphatic carbocycles. The van der Waals surface area contributed by atoms with Gasteiger partial charge in [-0.15, -0.1) is 0 Å². The third-order valence-corrected chi connectivity index (χ3v) is 4.31. The summed E-state index contributed by atoms with van der Waals surface area (Å²) < 4.78 is 0. The van der Waals surface area contributed by atoms with Gasteiger partial charge in [0.1, 0.15) is 0 Å². The number of carboxylic acid groups (broad SMARTS) is 1. The number of hydrogen-bond acceptors (Lipinski definition) is 6. The first-order chi connectivity index (χ1) is 13.8. The maximum atomic E-state index is 11.5. The molecule has 1 heterocycles.